The van der Waals surface area contributed by atoms with Crippen LogP contribution in [0.25, 0.3) is 0 Å². The second kappa shape index (κ2) is 3.39. The maximum Gasteiger partial charge on any atom is 0.176 e. The average Bonchev–Trinajstić information content (AvgIpc) is 2.35. The summed E-state index contributed by atoms with van der Waals surface area (Å²) in [7, 11) is 0. The maximum atomic E-state index is 13.2. The summed E-state index contributed by atoms with van der Waals surface area (Å²) in [6, 6.07) is 4.66. The van der Waals surface area contributed by atoms with Crippen molar-refractivity contribution in [3.05, 3.63) is 35.1 Å². The minimum atomic E-state index is -0.316. The normalized spacial score (nSPS) is 22.4. The molecule has 1 spiro atoms. The molecule has 0 radical (unpaired) electrons. The Kier molecular flexibility index (Phi) is 2.11. The number of halogens is 1. The molecule has 1 saturated carbocycles. The molecule has 1 N–H and O–H groups in total. The molecule has 0 saturated heterocycles. The van der Waals surface area contributed by atoms with E-state index in [1.54, 1.807) is 6.07 Å². The summed E-state index contributed by atoms with van der Waals surface area (Å²) < 4.78 is 13.2. The average molecular weight is 219 g/mol. The number of Topliss-reactive ketones (excluding diaryl/α,β-unsaturated/α-hetero) is 1. The molecule has 1 aromatic rings. The number of carbonyl (C=O) groups excluding carboxylic acids is 1. The third kappa shape index (κ3) is 1.31. The maximum absolute atomic E-state index is 13.2. The van der Waals surface area contributed by atoms with Gasteiger partial charge in [0.25, 0.3) is 0 Å². The fourth-order valence-electron chi connectivity index (χ4n) is 2.87. The molecular formula is C13H14FNO. The minimum absolute atomic E-state index is 0.0123. The summed E-state index contributed by atoms with van der Waals surface area (Å²) in [6.07, 6.45) is 3.41. The largest absolute Gasteiger partial charge is 0.309 e. The highest BCUT2D eigenvalue weighted by Gasteiger charge is 2.42. The third-order valence-corrected chi connectivity index (χ3v) is 3.91. The molecule has 0 amide bonds. The molecule has 1 aliphatic carbocycles. The second-order valence-electron chi connectivity index (χ2n) is 4.85. The molecule has 16 heavy (non-hydrogen) atoms. The van der Waals surface area contributed by atoms with E-state index in [1.807, 2.05) is 0 Å². The zero-order valence-corrected chi connectivity index (χ0v) is 9.05. The van der Waals surface area contributed by atoms with Crippen molar-refractivity contribution in [2.24, 2.45) is 0 Å². The van der Waals surface area contributed by atoms with E-state index in [0.29, 0.717) is 12.1 Å². The number of hydrogen-bond acceptors (Lipinski definition) is 2. The van der Waals surface area contributed by atoms with Gasteiger partial charge in [0.1, 0.15) is 5.82 Å². The first kappa shape index (κ1) is 9.97. The third-order valence-electron chi connectivity index (χ3n) is 3.91. The molecule has 1 aliphatic heterocycles. The summed E-state index contributed by atoms with van der Waals surface area (Å²) in [5, 5.41) is 3.18. The summed E-state index contributed by atoms with van der Waals surface area (Å²) in [4.78, 5) is 11.9. The van der Waals surface area contributed by atoms with Crippen LogP contribution in [0.3, 0.4) is 0 Å². The molecule has 84 valence electrons. The van der Waals surface area contributed by atoms with Crippen LogP contribution in [0.2, 0.25) is 0 Å². The van der Waals surface area contributed by atoms with Crippen molar-refractivity contribution in [2.45, 2.75) is 24.7 Å². The lowest BCUT2D eigenvalue weighted by atomic mass is 9.63. The van der Waals surface area contributed by atoms with Crippen LogP contribution in [0.15, 0.2) is 18.2 Å². The van der Waals surface area contributed by atoms with Gasteiger partial charge in [-0.1, -0.05) is 12.5 Å². The van der Waals surface area contributed by atoms with E-state index < -0.39 is 0 Å². The first-order chi connectivity index (χ1) is 7.71. The fourth-order valence-corrected chi connectivity index (χ4v) is 2.87. The molecule has 0 bridgehead atoms. The van der Waals surface area contributed by atoms with E-state index in [9.17, 15) is 9.18 Å². The Bertz CT molecular complexity index is 451. The highest BCUT2D eigenvalue weighted by Crippen LogP contribution is 2.45. The van der Waals surface area contributed by atoms with E-state index in [4.69, 9.17) is 0 Å². The van der Waals surface area contributed by atoms with Gasteiger partial charge in [0, 0.05) is 17.5 Å². The Morgan fingerprint density at radius 3 is 2.81 bits per heavy atom. The number of carbonyl (C=O) groups is 1. The summed E-state index contributed by atoms with van der Waals surface area (Å²) in [6.45, 7) is 1.18. The van der Waals surface area contributed by atoms with Crippen molar-refractivity contribution in [1.29, 1.82) is 0 Å². The quantitative estimate of drug-likeness (QED) is 0.723. The van der Waals surface area contributed by atoms with Gasteiger partial charge >= 0.3 is 0 Å². The highest BCUT2D eigenvalue weighted by molar-refractivity contribution is 5.99. The molecule has 3 heteroatoms. The number of nitrogens with one attached hydrogen (secondary N) is 1. The molecular weight excluding hydrogens is 205 g/mol. The van der Waals surface area contributed by atoms with Crippen LogP contribution < -0.4 is 5.32 Å². The Morgan fingerprint density at radius 2 is 2.12 bits per heavy atom. The first-order valence-electron chi connectivity index (χ1n) is 5.75. The molecule has 1 aromatic carbocycles. The minimum Gasteiger partial charge on any atom is -0.309 e. The molecule has 2 nitrogen and oxygen atoms in total. The Labute approximate surface area is 93.9 Å². The van der Waals surface area contributed by atoms with Gasteiger partial charge in [-0.3, -0.25) is 4.79 Å². The van der Waals surface area contributed by atoms with Crippen LogP contribution in [0, 0.1) is 5.82 Å². The van der Waals surface area contributed by atoms with Gasteiger partial charge in [0.05, 0.1) is 6.54 Å². The lowest BCUT2D eigenvalue weighted by molar-refractivity contribution is 0.0993. The van der Waals surface area contributed by atoms with Gasteiger partial charge in [0.2, 0.25) is 0 Å². The summed E-state index contributed by atoms with van der Waals surface area (Å²) >= 11 is 0. The second-order valence-corrected chi connectivity index (χ2v) is 4.85. The van der Waals surface area contributed by atoms with E-state index in [2.05, 4.69) is 5.32 Å². The van der Waals surface area contributed by atoms with Gasteiger partial charge in [0.15, 0.2) is 5.78 Å². The molecule has 1 heterocycles. The SMILES string of the molecule is O=C1CNCC2(CCC2)c2ccc(F)cc21. The summed E-state index contributed by atoms with van der Waals surface area (Å²) in [5.41, 5.74) is 1.73. The predicted molar refractivity (Wildman–Crippen MR) is 59.1 cm³/mol. The fraction of sp³-hybridized carbons (Fsp3) is 0.462. The Balaban J connectivity index is 2.16. The Morgan fingerprint density at radius 1 is 1.31 bits per heavy atom. The van der Waals surface area contributed by atoms with Gasteiger partial charge in [-0.05, 0) is 30.5 Å². The van der Waals surface area contributed by atoms with Crippen LogP contribution in [0.4, 0.5) is 4.39 Å². The van der Waals surface area contributed by atoms with Crippen molar-refractivity contribution < 1.29 is 9.18 Å². The Hall–Kier alpha value is -1.22. The zero-order chi connectivity index (χ0) is 11.2. The van der Waals surface area contributed by atoms with Crippen molar-refractivity contribution >= 4 is 5.78 Å². The lowest BCUT2D eigenvalue weighted by Crippen LogP contribution is -2.42. The van der Waals surface area contributed by atoms with Crippen molar-refractivity contribution in [3.63, 3.8) is 0 Å². The van der Waals surface area contributed by atoms with Crippen LogP contribution in [0.1, 0.15) is 35.2 Å². The summed E-state index contributed by atoms with van der Waals surface area (Å²) in [5.74, 6) is -0.304. The van der Waals surface area contributed by atoms with Gasteiger partial charge in [-0.2, -0.15) is 0 Å². The smallest absolute Gasteiger partial charge is 0.176 e. The van der Waals surface area contributed by atoms with E-state index >= 15 is 0 Å². The number of fused-ring (bicyclic) bond motifs is 2. The molecule has 0 unspecified atom stereocenters. The standard InChI is InChI=1S/C13H14FNO/c14-9-2-3-11-10(6-9)12(16)7-15-8-13(11)4-1-5-13/h2-3,6,15H,1,4-5,7-8H2. The first-order valence-corrected chi connectivity index (χ1v) is 5.75. The lowest BCUT2D eigenvalue weighted by Gasteiger charge is -2.42. The van der Waals surface area contributed by atoms with Crippen LogP contribution in [-0.4, -0.2) is 18.9 Å². The molecule has 0 atom stereocenters. The number of rotatable bonds is 0. The highest BCUT2D eigenvalue weighted by atomic mass is 19.1. The number of benzene rings is 1. The molecule has 0 aromatic heterocycles. The van der Waals surface area contributed by atoms with Crippen molar-refractivity contribution in [2.75, 3.05) is 13.1 Å². The van der Waals surface area contributed by atoms with Gasteiger partial charge in [-0.15, -0.1) is 0 Å². The van der Waals surface area contributed by atoms with Crippen LogP contribution in [-0.2, 0) is 5.41 Å². The van der Waals surface area contributed by atoms with Crippen LogP contribution in [0.5, 0.6) is 0 Å². The van der Waals surface area contributed by atoms with Crippen molar-refractivity contribution in [1.82, 2.24) is 5.32 Å². The monoisotopic (exact) mass is 219 g/mol. The van der Waals surface area contributed by atoms with Gasteiger partial charge in [-0.25, -0.2) is 4.39 Å². The van der Waals surface area contributed by atoms with Gasteiger partial charge < -0.3 is 5.32 Å². The molecule has 1 fully saturated rings. The zero-order valence-electron chi connectivity index (χ0n) is 9.05. The predicted octanol–water partition coefficient (Wildman–Crippen LogP) is 2.03. The number of hydrogen-bond donors (Lipinski definition) is 1. The van der Waals surface area contributed by atoms with E-state index in [1.165, 1.54) is 18.6 Å². The topological polar surface area (TPSA) is 29.1 Å². The molecule has 2 aliphatic rings. The van der Waals surface area contributed by atoms with Crippen molar-refractivity contribution in [3.8, 4) is 0 Å². The molecule has 3 rings (SSSR count). The van der Waals surface area contributed by atoms with Crippen LogP contribution >= 0.6 is 0 Å². The van der Waals surface area contributed by atoms with E-state index in [0.717, 1.165) is 24.9 Å². The van der Waals surface area contributed by atoms with E-state index in [-0.39, 0.29) is 17.0 Å². The number of ketones is 1.